The Balaban J connectivity index is 0.000000384. The minimum Gasteiger partial charge on any atom is -0.351 e. The number of nitrogens with zero attached hydrogens (tertiary/aromatic N) is 1. The molecule has 0 bridgehead atoms. The third kappa shape index (κ3) is 8.60. The van der Waals surface area contributed by atoms with Crippen LogP contribution in [-0.2, 0) is 4.79 Å². The monoisotopic (exact) mass is 484 g/mol. The summed E-state index contributed by atoms with van der Waals surface area (Å²) in [7, 11) is 2.15. The van der Waals surface area contributed by atoms with Crippen LogP contribution in [0.5, 0.6) is 0 Å². The van der Waals surface area contributed by atoms with Gasteiger partial charge in [0, 0.05) is 42.1 Å². The Morgan fingerprint density at radius 1 is 1.21 bits per heavy atom. The lowest BCUT2D eigenvalue weighted by atomic mass is 9.99. The number of likely N-dealkylation sites (N-methyl/N-ethyl adjacent to an activating group) is 1. The van der Waals surface area contributed by atoms with Gasteiger partial charge in [0.15, 0.2) is 0 Å². The molecular formula is C27H37ClN4O2. The van der Waals surface area contributed by atoms with Gasteiger partial charge in [0.25, 0.3) is 5.91 Å². The second-order valence-electron chi connectivity index (χ2n) is 8.54. The van der Waals surface area contributed by atoms with E-state index in [9.17, 15) is 4.79 Å². The largest absolute Gasteiger partial charge is 0.351 e. The Bertz CT molecular complexity index is 1020. The fraction of sp³-hybridized carbons (Fsp3) is 0.407. The highest BCUT2D eigenvalue weighted by Crippen LogP contribution is 2.22. The van der Waals surface area contributed by atoms with E-state index >= 15 is 0 Å². The van der Waals surface area contributed by atoms with E-state index in [0.29, 0.717) is 10.7 Å². The zero-order chi connectivity index (χ0) is 24.9. The molecule has 6 nitrogen and oxygen atoms in total. The highest BCUT2D eigenvalue weighted by molar-refractivity contribution is 6.31. The third-order valence-electron chi connectivity index (χ3n) is 5.79. The molecule has 2 heterocycles. The van der Waals surface area contributed by atoms with E-state index in [-0.39, 0.29) is 11.9 Å². The number of hydrogen-bond donors (Lipinski definition) is 3. The predicted molar refractivity (Wildman–Crippen MR) is 143 cm³/mol. The molecule has 4 rings (SSSR count). The third-order valence-corrected chi connectivity index (χ3v) is 6.03. The van der Waals surface area contributed by atoms with Crippen LogP contribution in [0.1, 0.15) is 43.6 Å². The molecule has 184 valence electrons. The molecule has 7 heteroatoms. The number of fused-ring (bicyclic) bond motifs is 1. The van der Waals surface area contributed by atoms with Crippen molar-refractivity contribution in [2.45, 2.75) is 39.2 Å². The van der Waals surface area contributed by atoms with E-state index < -0.39 is 0 Å². The lowest BCUT2D eigenvalue weighted by Crippen LogP contribution is -2.40. The number of H-pyrrole nitrogens is 1. The number of hydrogen-bond acceptors (Lipinski definition) is 4. The highest BCUT2D eigenvalue weighted by atomic mass is 35.5. The first-order chi connectivity index (χ1) is 16.5. The molecule has 1 amide bonds. The second-order valence-corrected chi connectivity index (χ2v) is 8.98. The number of rotatable bonds is 5. The summed E-state index contributed by atoms with van der Waals surface area (Å²) in [5, 5.41) is 8.07. The van der Waals surface area contributed by atoms with Gasteiger partial charge < -0.3 is 25.3 Å². The maximum atomic E-state index is 12.7. The van der Waals surface area contributed by atoms with Gasteiger partial charge in [-0.25, -0.2) is 0 Å². The molecule has 1 unspecified atom stereocenters. The second kappa shape index (κ2) is 14.6. The summed E-state index contributed by atoms with van der Waals surface area (Å²) in [5.74, 6) is -0.0828. The number of allylic oxidation sites excluding steroid dienone is 5. The number of piperazine rings is 1. The van der Waals surface area contributed by atoms with Crippen LogP contribution in [0.25, 0.3) is 10.9 Å². The van der Waals surface area contributed by atoms with Gasteiger partial charge in [0.1, 0.15) is 12.5 Å². The molecule has 1 saturated heterocycles. The number of carbonyl (C=O) groups is 2. The lowest BCUT2D eigenvalue weighted by Gasteiger charge is -2.21. The van der Waals surface area contributed by atoms with Crippen LogP contribution in [0, 0.1) is 0 Å². The summed E-state index contributed by atoms with van der Waals surface area (Å²) < 4.78 is 0. The van der Waals surface area contributed by atoms with Crippen molar-refractivity contribution in [3.63, 3.8) is 0 Å². The molecule has 0 spiro atoms. The number of halogens is 1. The summed E-state index contributed by atoms with van der Waals surface area (Å²) in [6.07, 6.45) is 11.3. The minimum absolute atomic E-state index is 0.0410. The molecule has 2 aromatic rings. The first kappa shape index (κ1) is 27.6. The van der Waals surface area contributed by atoms with Crippen LogP contribution in [0.15, 0.2) is 59.7 Å². The maximum absolute atomic E-state index is 12.7. The van der Waals surface area contributed by atoms with Gasteiger partial charge in [0.05, 0.1) is 6.04 Å². The van der Waals surface area contributed by atoms with Crippen LogP contribution in [0.2, 0.25) is 5.02 Å². The average Bonchev–Trinajstić information content (AvgIpc) is 3.14. The van der Waals surface area contributed by atoms with Gasteiger partial charge in [0.2, 0.25) is 0 Å². The summed E-state index contributed by atoms with van der Waals surface area (Å²) in [4.78, 5) is 26.2. The molecule has 1 aliphatic heterocycles. The van der Waals surface area contributed by atoms with E-state index in [0.717, 1.165) is 43.3 Å². The van der Waals surface area contributed by atoms with Gasteiger partial charge >= 0.3 is 0 Å². The van der Waals surface area contributed by atoms with Crippen LogP contribution >= 0.6 is 11.6 Å². The van der Waals surface area contributed by atoms with Crippen LogP contribution in [0.4, 0.5) is 0 Å². The number of aromatic nitrogens is 1. The van der Waals surface area contributed by atoms with Crippen molar-refractivity contribution >= 4 is 35.2 Å². The standard InChI is InChI=1S/C21H23ClN2O.C5H12N2.CH2O/c1-3-5-18(15-7-4-6-14(2)8-9-15)24-21(25)20-13-16-12-17(22)10-11-19(16)23-20;1-7-4-2-6-3-5-7;1-2/h4,6,8-13,18,23H,3,5,7H2,1-2H3,(H,24,25);6H,2-5H2,1H3;1H2. The number of nitrogens with one attached hydrogen (secondary N) is 3. The molecule has 2 aliphatic rings. The first-order valence-electron chi connectivity index (χ1n) is 11.8. The van der Waals surface area contributed by atoms with Crippen molar-refractivity contribution in [3.8, 4) is 0 Å². The minimum atomic E-state index is -0.0828. The molecule has 0 saturated carbocycles. The molecule has 0 radical (unpaired) electrons. The summed E-state index contributed by atoms with van der Waals surface area (Å²) in [6.45, 7) is 11.0. The van der Waals surface area contributed by atoms with Crippen molar-refractivity contribution in [1.29, 1.82) is 0 Å². The van der Waals surface area contributed by atoms with E-state index in [1.54, 1.807) is 0 Å². The molecule has 1 aromatic carbocycles. The normalized spacial score (nSPS) is 16.7. The van der Waals surface area contributed by atoms with Gasteiger partial charge in [-0.1, -0.05) is 54.8 Å². The fourth-order valence-electron chi connectivity index (χ4n) is 3.88. The molecule has 1 aromatic heterocycles. The Kier molecular flexibility index (Phi) is 11.8. The van der Waals surface area contributed by atoms with Crippen molar-refractivity contribution < 1.29 is 9.59 Å². The maximum Gasteiger partial charge on any atom is 0.268 e. The molecular weight excluding hydrogens is 448 g/mol. The predicted octanol–water partition coefficient (Wildman–Crippen LogP) is 4.89. The molecule has 1 aliphatic carbocycles. The van der Waals surface area contributed by atoms with Crippen LogP contribution < -0.4 is 10.6 Å². The number of benzene rings is 1. The lowest BCUT2D eigenvalue weighted by molar-refractivity contribution is -0.0980. The molecule has 3 N–H and O–H groups in total. The average molecular weight is 485 g/mol. The summed E-state index contributed by atoms with van der Waals surface area (Å²) in [6, 6.07) is 7.47. The zero-order valence-corrected chi connectivity index (χ0v) is 21.3. The van der Waals surface area contributed by atoms with Crippen molar-refractivity contribution in [3.05, 3.63) is 70.4 Å². The van der Waals surface area contributed by atoms with E-state index in [1.165, 1.54) is 24.2 Å². The van der Waals surface area contributed by atoms with Crippen molar-refractivity contribution in [1.82, 2.24) is 20.5 Å². The van der Waals surface area contributed by atoms with Crippen LogP contribution in [-0.4, -0.2) is 61.8 Å². The number of carbonyl (C=O) groups excluding carboxylic acids is 2. The molecule has 34 heavy (non-hydrogen) atoms. The topological polar surface area (TPSA) is 77.2 Å². The van der Waals surface area contributed by atoms with Crippen molar-refractivity contribution in [2.75, 3.05) is 33.2 Å². The van der Waals surface area contributed by atoms with E-state index in [4.69, 9.17) is 16.4 Å². The van der Waals surface area contributed by atoms with E-state index in [2.05, 4.69) is 65.7 Å². The smallest absolute Gasteiger partial charge is 0.268 e. The number of amides is 1. The summed E-state index contributed by atoms with van der Waals surface area (Å²) in [5.41, 5.74) is 3.94. The SMILES string of the molecule is C=O.CCCC(NC(=O)c1cc2cc(Cl)ccc2[nH]1)C1=CC=C(C)C=CC1.CN1CCNCC1. The highest BCUT2D eigenvalue weighted by Gasteiger charge is 2.18. The van der Waals surface area contributed by atoms with Gasteiger partial charge in [-0.15, -0.1) is 0 Å². The Hall–Kier alpha value is -2.67. The zero-order valence-electron chi connectivity index (χ0n) is 20.5. The van der Waals surface area contributed by atoms with Gasteiger partial charge in [-0.3, -0.25) is 4.79 Å². The molecule has 1 fully saturated rings. The first-order valence-corrected chi connectivity index (χ1v) is 12.1. The Labute approximate surface area is 208 Å². The Morgan fingerprint density at radius 3 is 2.59 bits per heavy atom. The van der Waals surface area contributed by atoms with Gasteiger partial charge in [-0.2, -0.15) is 0 Å². The molecule has 1 atom stereocenters. The van der Waals surface area contributed by atoms with Crippen LogP contribution in [0.3, 0.4) is 0 Å². The Morgan fingerprint density at radius 2 is 1.94 bits per heavy atom. The van der Waals surface area contributed by atoms with Crippen molar-refractivity contribution in [2.24, 2.45) is 0 Å². The number of aromatic amines is 1. The fourth-order valence-corrected chi connectivity index (χ4v) is 4.06. The van der Waals surface area contributed by atoms with Gasteiger partial charge in [-0.05, 0) is 56.7 Å². The quantitative estimate of drug-likeness (QED) is 0.564. The van der Waals surface area contributed by atoms with E-state index in [1.807, 2.05) is 31.1 Å². The summed E-state index contributed by atoms with van der Waals surface area (Å²) >= 11 is 6.03.